The molecule has 0 aliphatic heterocycles. The molecule has 0 radical (unpaired) electrons. The van der Waals surface area contributed by atoms with Crippen molar-refractivity contribution in [1.82, 2.24) is 30.0 Å². The molecule has 0 unspecified atom stereocenters. The number of hydrogen-bond donors (Lipinski definition) is 0. The van der Waals surface area contributed by atoms with Crippen LogP contribution in [0.2, 0.25) is 0 Å². The summed E-state index contributed by atoms with van der Waals surface area (Å²) < 4.78 is 8.31. The van der Waals surface area contributed by atoms with E-state index < -0.39 is 0 Å². The van der Waals surface area contributed by atoms with E-state index in [-0.39, 0.29) is 12.0 Å². The molecule has 2 aromatic heterocycles. The zero-order chi connectivity index (χ0) is 21.8. The van der Waals surface area contributed by atoms with Crippen LogP contribution < -0.4 is 0 Å². The molecular formula is C21H23N7O2. The van der Waals surface area contributed by atoms with Crippen LogP contribution in [-0.2, 0) is 4.74 Å². The van der Waals surface area contributed by atoms with E-state index >= 15 is 0 Å². The average Bonchev–Trinajstić information content (AvgIpc) is 3.36. The maximum absolute atomic E-state index is 11.3. The molecule has 0 saturated carbocycles. The van der Waals surface area contributed by atoms with Crippen LogP contribution in [0, 0.1) is 6.57 Å². The van der Waals surface area contributed by atoms with E-state index in [1.165, 1.54) is 7.11 Å². The highest BCUT2D eigenvalue weighted by atomic mass is 16.5. The molecule has 0 saturated heterocycles. The van der Waals surface area contributed by atoms with Gasteiger partial charge in [0.1, 0.15) is 11.0 Å². The summed E-state index contributed by atoms with van der Waals surface area (Å²) in [5.74, 6) is -0.360. The van der Waals surface area contributed by atoms with Crippen molar-refractivity contribution in [2.75, 3.05) is 7.11 Å². The lowest BCUT2D eigenvalue weighted by Crippen LogP contribution is -2.03. The second-order valence-corrected chi connectivity index (χ2v) is 7.24. The normalized spacial score (nSPS) is 10.9. The summed E-state index contributed by atoms with van der Waals surface area (Å²) in [7, 11) is 1.36. The fourth-order valence-electron chi connectivity index (χ4n) is 2.95. The zero-order valence-electron chi connectivity index (χ0n) is 17.6. The van der Waals surface area contributed by atoms with E-state index in [9.17, 15) is 4.79 Å². The number of fused-ring (bicyclic) bond motifs is 2. The maximum atomic E-state index is 11.3. The van der Waals surface area contributed by atoms with Gasteiger partial charge in [0.05, 0.1) is 30.3 Å². The third kappa shape index (κ3) is 4.12. The Hall–Kier alpha value is -3.80. The van der Waals surface area contributed by atoms with Gasteiger partial charge in [-0.3, -0.25) is 0 Å². The highest BCUT2D eigenvalue weighted by Crippen LogP contribution is 2.21. The maximum Gasteiger partial charge on any atom is 0.337 e. The number of aromatic nitrogens is 6. The molecule has 0 bridgehead atoms. The second-order valence-electron chi connectivity index (χ2n) is 7.24. The van der Waals surface area contributed by atoms with Crippen molar-refractivity contribution < 1.29 is 9.53 Å². The molecule has 2 heterocycles. The molecule has 154 valence electrons. The first-order valence-corrected chi connectivity index (χ1v) is 9.51. The molecular weight excluding hydrogens is 382 g/mol. The SMILES string of the molecule is COC(=O)c1ccc2c(c1)nnn2C(C)C.[C-]#[N+]c1ccc2c(c1)nnn2C(C)C. The summed E-state index contributed by atoms with van der Waals surface area (Å²) in [4.78, 5) is 14.7. The molecule has 9 heteroatoms. The molecule has 4 rings (SSSR count). The quantitative estimate of drug-likeness (QED) is 0.371. The van der Waals surface area contributed by atoms with E-state index in [4.69, 9.17) is 6.57 Å². The molecule has 9 nitrogen and oxygen atoms in total. The van der Waals surface area contributed by atoms with Gasteiger partial charge in [-0.25, -0.2) is 19.0 Å². The van der Waals surface area contributed by atoms with Gasteiger partial charge in [0.25, 0.3) is 0 Å². The lowest BCUT2D eigenvalue weighted by molar-refractivity contribution is 0.0601. The number of rotatable bonds is 3. The van der Waals surface area contributed by atoms with E-state index in [2.05, 4.69) is 44.1 Å². The smallest absolute Gasteiger partial charge is 0.337 e. The fraction of sp³-hybridized carbons (Fsp3) is 0.333. The number of esters is 1. The molecule has 0 amide bonds. The van der Waals surface area contributed by atoms with Crippen molar-refractivity contribution in [2.45, 2.75) is 39.8 Å². The molecule has 0 aliphatic carbocycles. The molecule has 30 heavy (non-hydrogen) atoms. The summed E-state index contributed by atoms with van der Waals surface area (Å²) >= 11 is 0. The first kappa shape index (κ1) is 20.9. The van der Waals surface area contributed by atoms with Crippen LogP contribution in [0.4, 0.5) is 5.69 Å². The zero-order valence-corrected chi connectivity index (χ0v) is 17.6. The second kappa shape index (κ2) is 8.69. The van der Waals surface area contributed by atoms with Crippen LogP contribution >= 0.6 is 0 Å². The van der Waals surface area contributed by atoms with Crippen molar-refractivity contribution in [1.29, 1.82) is 0 Å². The van der Waals surface area contributed by atoms with Crippen molar-refractivity contribution in [2.24, 2.45) is 0 Å². The van der Waals surface area contributed by atoms with Gasteiger partial charge in [0.15, 0.2) is 5.69 Å². The minimum Gasteiger partial charge on any atom is -0.465 e. The number of carbonyl (C=O) groups excluding carboxylic acids is 1. The van der Waals surface area contributed by atoms with Gasteiger partial charge >= 0.3 is 5.97 Å². The minimum atomic E-state index is -0.360. The molecule has 0 N–H and O–H groups in total. The van der Waals surface area contributed by atoms with Crippen LogP contribution in [0.3, 0.4) is 0 Å². The topological polar surface area (TPSA) is 92.1 Å². The van der Waals surface area contributed by atoms with E-state index in [1.54, 1.807) is 24.3 Å². The van der Waals surface area contributed by atoms with Gasteiger partial charge in [-0.2, -0.15) is 0 Å². The summed E-state index contributed by atoms with van der Waals surface area (Å²) in [6, 6.07) is 11.2. The molecule has 0 fully saturated rings. The van der Waals surface area contributed by atoms with Crippen LogP contribution in [-0.4, -0.2) is 43.1 Å². The number of carbonyl (C=O) groups is 1. The van der Waals surface area contributed by atoms with E-state index in [0.717, 1.165) is 16.6 Å². The van der Waals surface area contributed by atoms with Crippen molar-refractivity contribution >= 4 is 33.7 Å². The van der Waals surface area contributed by atoms with Crippen LogP contribution in [0.1, 0.15) is 50.1 Å². The Morgan fingerprint density at radius 3 is 1.97 bits per heavy atom. The molecule has 2 aromatic carbocycles. The third-order valence-corrected chi connectivity index (χ3v) is 4.45. The largest absolute Gasteiger partial charge is 0.465 e. The van der Waals surface area contributed by atoms with Crippen molar-refractivity contribution in [3.63, 3.8) is 0 Å². The van der Waals surface area contributed by atoms with Gasteiger partial charge in [0, 0.05) is 12.1 Å². The van der Waals surface area contributed by atoms with Gasteiger partial charge < -0.3 is 4.74 Å². The first-order chi connectivity index (χ1) is 14.3. The number of ether oxygens (including phenoxy) is 1. The molecule has 0 spiro atoms. The number of nitrogens with zero attached hydrogens (tertiary/aromatic N) is 7. The predicted molar refractivity (Wildman–Crippen MR) is 113 cm³/mol. The Labute approximate surface area is 174 Å². The number of methoxy groups -OCH3 is 1. The number of hydrogen-bond acceptors (Lipinski definition) is 6. The highest BCUT2D eigenvalue weighted by Gasteiger charge is 2.11. The Balaban J connectivity index is 0.000000172. The van der Waals surface area contributed by atoms with Gasteiger partial charge in [0.2, 0.25) is 0 Å². The van der Waals surface area contributed by atoms with E-state index in [0.29, 0.717) is 22.8 Å². The molecule has 0 aliphatic rings. The Bertz CT molecular complexity index is 1230. The monoisotopic (exact) mass is 405 g/mol. The summed E-state index contributed by atoms with van der Waals surface area (Å²) in [5.41, 5.74) is 4.48. The fourth-order valence-corrected chi connectivity index (χ4v) is 2.95. The van der Waals surface area contributed by atoms with E-state index in [1.807, 2.05) is 35.3 Å². The predicted octanol–water partition coefficient (Wildman–Crippen LogP) is 4.36. The van der Waals surface area contributed by atoms with Crippen molar-refractivity contribution in [3.8, 4) is 0 Å². The van der Waals surface area contributed by atoms with Gasteiger partial charge in [-0.1, -0.05) is 16.5 Å². The highest BCUT2D eigenvalue weighted by molar-refractivity contribution is 5.93. The average molecular weight is 405 g/mol. The minimum absolute atomic E-state index is 0.244. The summed E-state index contributed by atoms with van der Waals surface area (Å²) in [5, 5.41) is 16.1. The van der Waals surface area contributed by atoms with Crippen LogP contribution in [0.15, 0.2) is 36.4 Å². The summed E-state index contributed by atoms with van der Waals surface area (Å²) in [6.45, 7) is 15.0. The molecule has 0 atom stereocenters. The Morgan fingerprint density at radius 2 is 1.47 bits per heavy atom. The van der Waals surface area contributed by atoms with Gasteiger partial charge in [-0.15, -0.1) is 10.2 Å². The standard InChI is InChI=1S/C11H13N3O2.C10H10N4/c1-7(2)14-10-5-4-8(11(15)16-3)6-9(10)12-13-14;1-7(2)14-10-5-4-8(11-3)6-9(10)12-13-14/h4-7H,1-3H3;4-7H,1-2H3. The van der Waals surface area contributed by atoms with Crippen LogP contribution in [0.25, 0.3) is 26.9 Å². The molecule has 4 aromatic rings. The van der Waals surface area contributed by atoms with Crippen LogP contribution in [0.5, 0.6) is 0 Å². The lowest BCUT2D eigenvalue weighted by Gasteiger charge is -2.05. The third-order valence-electron chi connectivity index (χ3n) is 4.45. The lowest BCUT2D eigenvalue weighted by atomic mass is 10.2. The number of benzene rings is 2. The first-order valence-electron chi connectivity index (χ1n) is 9.51. The van der Waals surface area contributed by atoms with Crippen molar-refractivity contribution in [3.05, 3.63) is 53.4 Å². The summed E-state index contributed by atoms with van der Waals surface area (Å²) in [6.07, 6.45) is 0. The Kier molecular flexibility index (Phi) is 6.06. The van der Waals surface area contributed by atoms with Gasteiger partial charge in [-0.05, 0) is 58.0 Å². The Morgan fingerprint density at radius 1 is 0.933 bits per heavy atom.